The zero-order valence-corrected chi connectivity index (χ0v) is 8.60. The number of halogens is 3. The first-order valence-electron chi connectivity index (χ1n) is 4.88. The fraction of sp³-hybridized carbons (Fsp3) is 0.273. The summed E-state index contributed by atoms with van der Waals surface area (Å²) in [6, 6.07) is 7.43. The van der Waals surface area contributed by atoms with Gasteiger partial charge >= 0.3 is 6.18 Å². The lowest BCUT2D eigenvalue weighted by Crippen LogP contribution is -2.33. The number of hydrogen-bond donors (Lipinski definition) is 2. The van der Waals surface area contributed by atoms with E-state index in [1.54, 1.807) is 6.07 Å². The van der Waals surface area contributed by atoms with E-state index in [4.69, 9.17) is 0 Å². The van der Waals surface area contributed by atoms with Crippen molar-refractivity contribution < 1.29 is 13.2 Å². The molecular formula is C11H11F3N2. The van der Waals surface area contributed by atoms with Gasteiger partial charge in [-0.3, -0.25) is 0 Å². The van der Waals surface area contributed by atoms with Crippen LogP contribution in [0, 0.1) is 0 Å². The summed E-state index contributed by atoms with van der Waals surface area (Å²) in [7, 11) is 0. The Morgan fingerprint density at radius 3 is 2.56 bits per heavy atom. The molecule has 0 fully saturated rings. The number of para-hydroxylation sites is 1. The monoisotopic (exact) mass is 228 g/mol. The summed E-state index contributed by atoms with van der Waals surface area (Å²) in [5.41, 5.74) is 0.819. The second-order valence-corrected chi connectivity index (χ2v) is 3.68. The molecule has 2 rings (SSSR count). The largest absolute Gasteiger partial charge is 0.408 e. The van der Waals surface area contributed by atoms with Crippen LogP contribution in [0.5, 0.6) is 0 Å². The molecule has 1 unspecified atom stereocenters. The topological polar surface area (TPSA) is 27.8 Å². The maximum Gasteiger partial charge on any atom is 0.408 e. The summed E-state index contributed by atoms with van der Waals surface area (Å²) >= 11 is 0. The highest BCUT2D eigenvalue weighted by Gasteiger charge is 2.36. The summed E-state index contributed by atoms with van der Waals surface area (Å²) in [5.74, 6) is 0.381. The maximum absolute atomic E-state index is 12.3. The lowest BCUT2D eigenvalue weighted by molar-refractivity contribution is -0.138. The van der Waals surface area contributed by atoms with E-state index in [1.807, 2.05) is 24.3 Å². The number of H-pyrrole nitrogens is 1. The Morgan fingerprint density at radius 1 is 1.25 bits per heavy atom. The van der Waals surface area contributed by atoms with Gasteiger partial charge in [0.2, 0.25) is 0 Å². The second-order valence-electron chi connectivity index (χ2n) is 3.68. The first-order valence-corrected chi connectivity index (χ1v) is 4.88. The number of anilines is 1. The predicted octanol–water partition coefficient (Wildman–Crippen LogP) is 3.53. The molecule has 0 spiro atoms. The number of aromatic nitrogens is 1. The van der Waals surface area contributed by atoms with Crippen LogP contribution in [0.15, 0.2) is 30.3 Å². The molecule has 0 radical (unpaired) electrons. The third kappa shape index (κ3) is 2.13. The van der Waals surface area contributed by atoms with Gasteiger partial charge in [0.15, 0.2) is 0 Å². The second kappa shape index (κ2) is 3.73. The van der Waals surface area contributed by atoms with Gasteiger partial charge in [0.05, 0.1) is 0 Å². The Bertz CT molecular complexity index is 454. The molecule has 2 N–H and O–H groups in total. The number of fused-ring (bicyclic) bond motifs is 1. The van der Waals surface area contributed by atoms with Crippen LogP contribution < -0.4 is 5.32 Å². The summed E-state index contributed by atoms with van der Waals surface area (Å²) in [4.78, 5) is 2.89. The molecular weight excluding hydrogens is 217 g/mol. The molecule has 0 saturated heterocycles. The van der Waals surface area contributed by atoms with Crippen LogP contribution in [0.4, 0.5) is 19.0 Å². The molecule has 5 heteroatoms. The lowest BCUT2D eigenvalue weighted by atomic mass is 10.2. The van der Waals surface area contributed by atoms with Crippen molar-refractivity contribution in [3.8, 4) is 0 Å². The van der Waals surface area contributed by atoms with Gasteiger partial charge in [-0.1, -0.05) is 18.2 Å². The van der Waals surface area contributed by atoms with Gasteiger partial charge in [-0.15, -0.1) is 0 Å². The van der Waals surface area contributed by atoms with E-state index in [0.29, 0.717) is 5.82 Å². The number of nitrogens with one attached hydrogen (secondary N) is 2. The number of aromatic amines is 1. The van der Waals surface area contributed by atoms with E-state index in [0.717, 1.165) is 17.8 Å². The zero-order chi connectivity index (χ0) is 11.8. The molecule has 1 atom stereocenters. The normalized spacial score (nSPS) is 14.0. The molecule has 0 amide bonds. The third-order valence-corrected chi connectivity index (χ3v) is 2.39. The molecule has 0 aliphatic heterocycles. The summed E-state index contributed by atoms with van der Waals surface area (Å²) in [5, 5.41) is 3.28. The van der Waals surface area contributed by atoms with E-state index in [1.165, 1.54) is 0 Å². The molecule has 1 aromatic heterocycles. The minimum atomic E-state index is -4.24. The van der Waals surface area contributed by atoms with Crippen molar-refractivity contribution in [2.75, 3.05) is 5.32 Å². The first kappa shape index (κ1) is 10.9. The van der Waals surface area contributed by atoms with Crippen LogP contribution in [0.2, 0.25) is 0 Å². The highest BCUT2D eigenvalue weighted by atomic mass is 19.4. The average Bonchev–Trinajstić information content (AvgIpc) is 2.58. The number of rotatable bonds is 2. The molecule has 1 heterocycles. The summed E-state index contributed by atoms with van der Waals surface area (Å²) in [6.07, 6.45) is -4.24. The molecule has 2 nitrogen and oxygen atoms in total. The molecule has 16 heavy (non-hydrogen) atoms. The van der Waals surface area contributed by atoms with Crippen molar-refractivity contribution in [1.82, 2.24) is 4.98 Å². The summed E-state index contributed by atoms with van der Waals surface area (Å²) < 4.78 is 36.9. The van der Waals surface area contributed by atoms with E-state index in [-0.39, 0.29) is 0 Å². The summed E-state index contributed by atoms with van der Waals surface area (Å²) in [6.45, 7) is 1.09. The molecule has 0 aliphatic carbocycles. The number of hydrogen-bond acceptors (Lipinski definition) is 1. The molecule has 1 aromatic carbocycles. The standard InChI is InChI=1S/C11H11F3N2/c1-7(11(12,13)14)15-10-6-8-4-2-3-5-9(8)16-10/h2-7,15-16H,1H3. The van der Waals surface area contributed by atoms with Crippen LogP contribution >= 0.6 is 0 Å². The van der Waals surface area contributed by atoms with E-state index in [2.05, 4.69) is 10.3 Å². The van der Waals surface area contributed by atoms with Gasteiger partial charge in [0.25, 0.3) is 0 Å². The molecule has 86 valence electrons. The van der Waals surface area contributed by atoms with Crippen LogP contribution in [-0.2, 0) is 0 Å². The van der Waals surface area contributed by atoms with Crippen molar-refractivity contribution in [2.24, 2.45) is 0 Å². The van der Waals surface area contributed by atoms with E-state index in [9.17, 15) is 13.2 Å². The first-order chi connectivity index (χ1) is 7.47. The maximum atomic E-state index is 12.3. The van der Waals surface area contributed by atoms with Gasteiger partial charge in [-0.05, 0) is 19.1 Å². The van der Waals surface area contributed by atoms with Gasteiger partial charge in [-0.25, -0.2) is 0 Å². The van der Waals surface area contributed by atoms with Gasteiger partial charge in [0, 0.05) is 10.9 Å². The molecule has 0 saturated carbocycles. The molecule has 0 aliphatic rings. The zero-order valence-electron chi connectivity index (χ0n) is 8.60. The number of alkyl halides is 3. The fourth-order valence-electron chi connectivity index (χ4n) is 1.47. The Kier molecular flexibility index (Phi) is 2.53. The molecule has 2 aromatic rings. The fourth-order valence-corrected chi connectivity index (χ4v) is 1.47. The van der Waals surface area contributed by atoms with Gasteiger partial charge in [0.1, 0.15) is 11.9 Å². The van der Waals surface area contributed by atoms with Crippen LogP contribution in [-0.4, -0.2) is 17.2 Å². The lowest BCUT2D eigenvalue weighted by Gasteiger charge is -2.16. The SMILES string of the molecule is CC(Nc1cc2ccccc2[nH]1)C(F)(F)F. The van der Waals surface area contributed by atoms with E-state index < -0.39 is 12.2 Å². The van der Waals surface area contributed by atoms with Crippen LogP contribution in [0.25, 0.3) is 10.9 Å². The highest BCUT2D eigenvalue weighted by molar-refractivity contribution is 5.83. The van der Waals surface area contributed by atoms with Gasteiger partial charge in [-0.2, -0.15) is 13.2 Å². The van der Waals surface area contributed by atoms with Crippen molar-refractivity contribution in [3.05, 3.63) is 30.3 Å². The Morgan fingerprint density at radius 2 is 1.94 bits per heavy atom. The van der Waals surface area contributed by atoms with Crippen molar-refractivity contribution in [1.29, 1.82) is 0 Å². The Labute approximate surface area is 90.5 Å². The van der Waals surface area contributed by atoms with Gasteiger partial charge < -0.3 is 10.3 Å². The number of benzene rings is 1. The van der Waals surface area contributed by atoms with Crippen molar-refractivity contribution in [2.45, 2.75) is 19.1 Å². The van der Waals surface area contributed by atoms with Crippen molar-refractivity contribution >= 4 is 16.7 Å². The van der Waals surface area contributed by atoms with Crippen molar-refractivity contribution in [3.63, 3.8) is 0 Å². The van der Waals surface area contributed by atoms with Crippen LogP contribution in [0.3, 0.4) is 0 Å². The minimum absolute atomic E-state index is 0.381. The third-order valence-electron chi connectivity index (χ3n) is 2.39. The minimum Gasteiger partial charge on any atom is -0.360 e. The Hall–Kier alpha value is -1.65. The smallest absolute Gasteiger partial charge is 0.360 e. The van der Waals surface area contributed by atoms with E-state index >= 15 is 0 Å². The Balaban J connectivity index is 2.22. The predicted molar refractivity (Wildman–Crippen MR) is 57.4 cm³/mol. The highest BCUT2D eigenvalue weighted by Crippen LogP contribution is 2.24. The van der Waals surface area contributed by atoms with Crippen LogP contribution in [0.1, 0.15) is 6.92 Å². The molecule has 0 bridgehead atoms. The quantitative estimate of drug-likeness (QED) is 0.808. The average molecular weight is 228 g/mol.